The highest BCUT2D eigenvalue weighted by atomic mass is 35.5. The highest BCUT2D eigenvalue weighted by molar-refractivity contribution is 6.34. The van der Waals surface area contributed by atoms with Gasteiger partial charge in [-0.1, -0.05) is 18.5 Å². The molecule has 1 aliphatic rings. The Labute approximate surface area is 91.4 Å². The molecular formula is C10H9ClO4. The standard InChI is InChI=1S/C10H9ClO4/c1-2-5-8(10(12)13)6(11)3-7-9(5)15-4-14-7/h3H,2,4H2,1H3,(H,12,13). The third kappa shape index (κ3) is 1.51. The summed E-state index contributed by atoms with van der Waals surface area (Å²) < 4.78 is 10.4. The van der Waals surface area contributed by atoms with Crippen LogP contribution in [-0.4, -0.2) is 17.9 Å². The second kappa shape index (κ2) is 3.62. The minimum Gasteiger partial charge on any atom is -0.478 e. The number of carboxylic acids is 1. The zero-order chi connectivity index (χ0) is 11.0. The second-order valence-electron chi connectivity index (χ2n) is 3.10. The molecule has 0 saturated heterocycles. The maximum atomic E-state index is 11.0. The van der Waals surface area contributed by atoms with E-state index in [0.29, 0.717) is 23.5 Å². The van der Waals surface area contributed by atoms with E-state index in [1.807, 2.05) is 6.92 Å². The lowest BCUT2D eigenvalue weighted by Gasteiger charge is -2.09. The predicted molar refractivity (Wildman–Crippen MR) is 53.9 cm³/mol. The lowest BCUT2D eigenvalue weighted by molar-refractivity contribution is 0.0695. The number of aromatic carboxylic acids is 1. The number of hydrogen-bond acceptors (Lipinski definition) is 3. The smallest absolute Gasteiger partial charge is 0.337 e. The van der Waals surface area contributed by atoms with Crippen molar-refractivity contribution in [2.24, 2.45) is 0 Å². The van der Waals surface area contributed by atoms with Crippen LogP contribution in [0, 0.1) is 0 Å². The SMILES string of the molecule is CCc1c2c(cc(Cl)c1C(=O)O)OCO2. The van der Waals surface area contributed by atoms with E-state index in [9.17, 15) is 4.79 Å². The fourth-order valence-electron chi connectivity index (χ4n) is 1.65. The molecule has 0 aromatic heterocycles. The molecule has 4 nitrogen and oxygen atoms in total. The van der Waals surface area contributed by atoms with E-state index in [2.05, 4.69) is 0 Å². The molecule has 0 bridgehead atoms. The Morgan fingerprint density at radius 3 is 2.93 bits per heavy atom. The van der Waals surface area contributed by atoms with Crippen molar-refractivity contribution in [3.63, 3.8) is 0 Å². The van der Waals surface area contributed by atoms with Crippen molar-refractivity contribution in [3.05, 3.63) is 22.2 Å². The van der Waals surface area contributed by atoms with Gasteiger partial charge in [-0.05, 0) is 6.42 Å². The zero-order valence-electron chi connectivity index (χ0n) is 8.04. The summed E-state index contributed by atoms with van der Waals surface area (Å²) in [6.45, 7) is 1.96. The summed E-state index contributed by atoms with van der Waals surface area (Å²) in [6.07, 6.45) is 0.536. The van der Waals surface area contributed by atoms with Crippen LogP contribution in [-0.2, 0) is 6.42 Å². The molecule has 1 heterocycles. The molecule has 0 aliphatic carbocycles. The first-order chi connectivity index (χ1) is 7.15. The summed E-state index contributed by atoms with van der Waals surface area (Å²) in [5.41, 5.74) is 0.686. The van der Waals surface area contributed by atoms with Gasteiger partial charge in [-0.3, -0.25) is 0 Å². The lowest BCUT2D eigenvalue weighted by atomic mass is 10.0. The van der Waals surface area contributed by atoms with Crippen LogP contribution in [0.5, 0.6) is 11.5 Å². The fraction of sp³-hybridized carbons (Fsp3) is 0.300. The molecule has 1 aromatic carbocycles. The largest absolute Gasteiger partial charge is 0.478 e. The van der Waals surface area contributed by atoms with Gasteiger partial charge in [-0.25, -0.2) is 4.79 Å². The third-order valence-corrected chi connectivity index (χ3v) is 2.58. The quantitative estimate of drug-likeness (QED) is 0.844. The predicted octanol–water partition coefficient (Wildman–Crippen LogP) is 2.33. The van der Waals surface area contributed by atoms with Gasteiger partial charge in [-0.2, -0.15) is 0 Å². The molecular weight excluding hydrogens is 220 g/mol. The van der Waals surface area contributed by atoms with Gasteiger partial charge in [0, 0.05) is 11.6 Å². The van der Waals surface area contributed by atoms with E-state index >= 15 is 0 Å². The number of ether oxygens (including phenoxy) is 2. The van der Waals surface area contributed by atoms with Gasteiger partial charge in [-0.15, -0.1) is 0 Å². The molecule has 0 atom stereocenters. The summed E-state index contributed by atoms with van der Waals surface area (Å²) in [7, 11) is 0. The van der Waals surface area contributed by atoms with Gasteiger partial charge in [0.05, 0.1) is 10.6 Å². The summed E-state index contributed by atoms with van der Waals surface area (Å²) in [6, 6.07) is 1.48. The Bertz CT molecular complexity index is 428. The van der Waals surface area contributed by atoms with Crippen molar-refractivity contribution in [2.75, 3.05) is 6.79 Å². The van der Waals surface area contributed by atoms with Crippen LogP contribution < -0.4 is 9.47 Å². The third-order valence-electron chi connectivity index (χ3n) is 2.28. The average molecular weight is 229 g/mol. The van der Waals surface area contributed by atoms with E-state index < -0.39 is 5.97 Å². The normalized spacial score (nSPS) is 12.9. The van der Waals surface area contributed by atoms with E-state index in [1.54, 1.807) is 0 Å². The summed E-state index contributed by atoms with van der Waals surface area (Å²) >= 11 is 5.87. The first-order valence-electron chi connectivity index (χ1n) is 4.49. The summed E-state index contributed by atoms with van der Waals surface area (Å²) in [4.78, 5) is 11.0. The Hall–Kier alpha value is -1.42. The zero-order valence-corrected chi connectivity index (χ0v) is 8.80. The number of benzene rings is 1. The van der Waals surface area contributed by atoms with Crippen molar-refractivity contribution in [2.45, 2.75) is 13.3 Å². The number of carbonyl (C=O) groups is 1. The van der Waals surface area contributed by atoms with Crippen molar-refractivity contribution in [3.8, 4) is 11.5 Å². The molecule has 0 unspecified atom stereocenters. The van der Waals surface area contributed by atoms with Crippen LogP contribution in [0.3, 0.4) is 0 Å². The second-order valence-corrected chi connectivity index (χ2v) is 3.51. The number of rotatable bonds is 2. The minimum atomic E-state index is -1.05. The Morgan fingerprint density at radius 2 is 2.33 bits per heavy atom. The van der Waals surface area contributed by atoms with Gasteiger partial charge in [0.2, 0.25) is 6.79 Å². The van der Waals surface area contributed by atoms with Gasteiger partial charge < -0.3 is 14.6 Å². The average Bonchev–Trinajstić information content (AvgIpc) is 2.62. The first-order valence-corrected chi connectivity index (χ1v) is 4.87. The van der Waals surface area contributed by atoms with Crippen molar-refractivity contribution < 1.29 is 19.4 Å². The van der Waals surface area contributed by atoms with Gasteiger partial charge in [0.1, 0.15) is 0 Å². The molecule has 1 aromatic rings. The van der Waals surface area contributed by atoms with Crippen molar-refractivity contribution >= 4 is 17.6 Å². The Kier molecular flexibility index (Phi) is 2.44. The maximum absolute atomic E-state index is 11.0. The monoisotopic (exact) mass is 228 g/mol. The molecule has 2 rings (SSSR count). The molecule has 0 amide bonds. The van der Waals surface area contributed by atoms with Crippen LogP contribution in [0.2, 0.25) is 5.02 Å². The molecule has 80 valence electrons. The van der Waals surface area contributed by atoms with Crippen LogP contribution >= 0.6 is 11.6 Å². The van der Waals surface area contributed by atoms with Crippen molar-refractivity contribution in [1.29, 1.82) is 0 Å². The number of fused-ring (bicyclic) bond motifs is 1. The van der Waals surface area contributed by atoms with Gasteiger partial charge in [0.25, 0.3) is 0 Å². The number of halogens is 1. The molecule has 1 aliphatic heterocycles. The lowest BCUT2D eigenvalue weighted by Crippen LogP contribution is -2.04. The maximum Gasteiger partial charge on any atom is 0.337 e. The van der Waals surface area contributed by atoms with E-state index in [0.717, 1.165) is 0 Å². The van der Waals surface area contributed by atoms with E-state index in [1.165, 1.54) is 6.07 Å². The Morgan fingerprint density at radius 1 is 1.60 bits per heavy atom. The first kappa shape index (κ1) is 10.1. The topological polar surface area (TPSA) is 55.8 Å². The molecule has 0 saturated carbocycles. The molecule has 1 N–H and O–H groups in total. The number of hydrogen-bond donors (Lipinski definition) is 1. The van der Waals surface area contributed by atoms with E-state index in [-0.39, 0.29) is 17.4 Å². The molecule has 0 radical (unpaired) electrons. The molecule has 0 spiro atoms. The fourth-order valence-corrected chi connectivity index (χ4v) is 1.94. The molecule has 0 fully saturated rings. The van der Waals surface area contributed by atoms with Gasteiger partial charge >= 0.3 is 5.97 Å². The minimum absolute atomic E-state index is 0.100. The van der Waals surface area contributed by atoms with Crippen LogP contribution in [0.4, 0.5) is 0 Å². The summed E-state index contributed by atoms with van der Waals surface area (Å²) in [5, 5.41) is 9.21. The molecule has 15 heavy (non-hydrogen) atoms. The Balaban J connectivity index is 2.69. The molecule has 5 heteroatoms. The highest BCUT2D eigenvalue weighted by Crippen LogP contribution is 2.41. The van der Waals surface area contributed by atoms with Crippen LogP contribution in [0.1, 0.15) is 22.8 Å². The van der Waals surface area contributed by atoms with Crippen LogP contribution in [0.15, 0.2) is 6.07 Å². The summed E-state index contributed by atoms with van der Waals surface area (Å²) in [5.74, 6) is -0.0312. The highest BCUT2D eigenvalue weighted by Gasteiger charge is 2.25. The van der Waals surface area contributed by atoms with Crippen molar-refractivity contribution in [1.82, 2.24) is 0 Å². The van der Waals surface area contributed by atoms with Crippen LogP contribution in [0.25, 0.3) is 0 Å². The van der Waals surface area contributed by atoms with Gasteiger partial charge in [0.15, 0.2) is 11.5 Å². The van der Waals surface area contributed by atoms with E-state index in [4.69, 9.17) is 26.2 Å². The number of carboxylic acid groups (broad SMARTS) is 1.